The van der Waals surface area contributed by atoms with Crippen LogP contribution in [-0.4, -0.2) is 23.1 Å². The Labute approximate surface area is 91.1 Å². The SMILES string of the molecule is C=CN1CCC(C)(C(=O)C(C)(C)C)C1=O. The summed E-state index contributed by atoms with van der Waals surface area (Å²) in [6.45, 7) is 11.5. The van der Waals surface area contributed by atoms with Gasteiger partial charge in [-0.3, -0.25) is 9.59 Å². The van der Waals surface area contributed by atoms with Gasteiger partial charge in [-0.05, 0) is 19.5 Å². The number of likely N-dealkylation sites (tertiary alicyclic amines) is 1. The van der Waals surface area contributed by atoms with Gasteiger partial charge in [-0.25, -0.2) is 0 Å². The maximum atomic E-state index is 12.2. The number of Topliss-reactive ketones (excluding diaryl/α,β-unsaturated/α-hetero) is 1. The molecule has 15 heavy (non-hydrogen) atoms. The van der Waals surface area contributed by atoms with E-state index in [0.717, 1.165) is 0 Å². The highest BCUT2D eigenvalue weighted by Crippen LogP contribution is 2.38. The molecule has 1 aliphatic heterocycles. The van der Waals surface area contributed by atoms with E-state index < -0.39 is 10.8 Å². The minimum Gasteiger partial charge on any atom is -0.319 e. The topological polar surface area (TPSA) is 37.4 Å². The van der Waals surface area contributed by atoms with Gasteiger partial charge in [-0.2, -0.15) is 0 Å². The van der Waals surface area contributed by atoms with E-state index in [2.05, 4.69) is 6.58 Å². The lowest BCUT2D eigenvalue weighted by Gasteiger charge is -2.28. The number of hydrogen-bond acceptors (Lipinski definition) is 2. The second-order valence-electron chi connectivity index (χ2n) is 5.34. The first-order chi connectivity index (χ1) is 6.73. The van der Waals surface area contributed by atoms with Crippen molar-refractivity contribution in [2.45, 2.75) is 34.1 Å². The molecule has 0 aromatic carbocycles. The van der Waals surface area contributed by atoms with Crippen LogP contribution < -0.4 is 0 Å². The summed E-state index contributed by atoms with van der Waals surface area (Å²) >= 11 is 0. The third-order valence-electron chi connectivity index (χ3n) is 2.99. The zero-order valence-electron chi connectivity index (χ0n) is 9.96. The van der Waals surface area contributed by atoms with E-state index in [4.69, 9.17) is 0 Å². The van der Waals surface area contributed by atoms with Crippen molar-refractivity contribution in [3.8, 4) is 0 Å². The fraction of sp³-hybridized carbons (Fsp3) is 0.667. The maximum Gasteiger partial charge on any atom is 0.239 e. The van der Waals surface area contributed by atoms with E-state index >= 15 is 0 Å². The fourth-order valence-electron chi connectivity index (χ4n) is 2.08. The first-order valence-electron chi connectivity index (χ1n) is 5.22. The predicted octanol–water partition coefficient (Wildman–Crippen LogP) is 1.98. The summed E-state index contributed by atoms with van der Waals surface area (Å²) < 4.78 is 0. The number of carbonyl (C=O) groups is 2. The molecule has 0 spiro atoms. The number of hydrogen-bond donors (Lipinski definition) is 0. The van der Waals surface area contributed by atoms with E-state index in [-0.39, 0.29) is 11.7 Å². The molecule has 1 unspecified atom stereocenters. The molecule has 0 aromatic heterocycles. The van der Waals surface area contributed by atoms with Gasteiger partial charge in [0, 0.05) is 12.0 Å². The van der Waals surface area contributed by atoms with Crippen LogP contribution in [0.5, 0.6) is 0 Å². The summed E-state index contributed by atoms with van der Waals surface area (Å²) in [7, 11) is 0. The number of carbonyl (C=O) groups excluding carboxylic acids is 2. The van der Waals surface area contributed by atoms with Crippen LogP contribution in [0.4, 0.5) is 0 Å². The number of amides is 1. The average molecular weight is 209 g/mol. The Bertz CT molecular complexity index is 314. The Hall–Kier alpha value is -1.12. The Kier molecular flexibility index (Phi) is 2.77. The molecule has 0 aliphatic carbocycles. The Morgan fingerprint density at radius 2 is 2.07 bits per heavy atom. The van der Waals surface area contributed by atoms with Gasteiger partial charge < -0.3 is 4.90 Å². The molecule has 1 amide bonds. The van der Waals surface area contributed by atoms with Crippen LogP contribution in [0.3, 0.4) is 0 Å². The van der Waals surface area contributed by atoms with Crippen LogP contribution >= 0.6 is 0 Å². The maximum absolute atomic E-state index is 12.2. The first-order valence-corrected chi connectivity index (χ1v) is 5.22. The highest BCUT2D eigenvalue weighted by atomic mass is 16.2. The summed E-state index contributed by atoms with van der Waals surface area (Å²) in [4.78, 5) is 25.7. The van der Waals surface area contributed by atoms with Gasteiger partial charge >= 0.3 is 0 Å². The second-order valence-corrected chi connectivity index (χ2v) is 5.34. The summed E-state index contributed by atoms with van der Waals surface area (Å²) in [5, 5.41) is 0. The molecule has 0 bridgehead atoms. The number of rotatable bonds is 2. The van der Waals surface area contributed by atoms with E-state index in [1.54, 1.807) is 6.92 Å². The summed E-state index contributed by atoms with van der Waals surface area (Å²) in [6, 6.07) is 0. The molecular formula is C12H19NO2. The van der Waals surface area contributed by atoms with E-state index in [0.29, 0.717) is 13.0 Å². The lowest BCUT2D eigenvalue weighted by molar-refractivity contribution is -0.146. The predicted molar refractivity (Wildman–Crippen MR) is 59.1 cm³/mol. The molecule has 3 nitrogen and oxygen atoms in total. The largest absolute Gasteiger partial charge is 0.319 e. The van der Waals surface area contributed by atoms with Gasteiger partial charge in [0.25, 0.3) is 0 Å². The normalized spacial score (nSPS) is 26.9. The monoisotopic (exact) mass is 209 g/mol. The molecule has 3 heteroatoms. The molecule has 1 aliphatic rings. The molecule has 1 heterocycles. The van der Waals surface area contributed by atoms with E-state index in [1.165, 1.54) is 11.1 Å². The Morgan fingerprint density at radius 1 is 1.53 bits per heavy atom. The minimum atomic E-state index is -0.855. The lowest BCUT2D eigenvalue weighted by atomic mass is 9.72. The third-order valence-corrected chi connectivity index (χ3v) is 2.99. The van der Waals surface area contributed by atoms with Gasteiger partial charge in [0.15, 0.2) is 5.78 Å². The van der Waals surface area contributed by atoms with Gasteiger partial charge in [0.2, 0.25) is 5.91 Å². The summed E-state index contributed by atoms with van der Waals surface area (Å²) in [5.41, 5.74) is -1.33. The Balaban J connectivity index is 3.00. The molecule has 1 rings (SSSR count). The minimum absolute atomic E-state index is 0.0179. The van der Waals surface area contributed by atoms with Gasteiger partial charge in [-0.1, -0.05) is 27.4 Å². The van der Waals surface area contributed by atoms with Crippen molar-refractivity contribution in [1.29, 1.82) is 0 Å². The molecule has 0 N–H and O–H groups in total. The first kappa shape index (κ1) is 12.0. The van der Waals surface area contributed by atoms with Crippen LogP contribution in [0, 0.1) is 10.8 Å². The lowest BCUT2D eigenvalue weighted by Crippen LogP contribution is -2.42. The van der Waals surface area contributed by atoms with Gasteiger partial charge in [0.1, 0.15) is 5.41 Å². The zero-order valence-corrected chi connectivity index (χ0v) is 9.96. The van der Waals surface area contributed by atoms with Crippen molar-refractivity contribution in [2.24, 2.45) is 10.8 Å². The Morgan fingerprint density at radius 3 is 2.40 bits per heavy atom. The van der Waals surface area contributed by atoms with Crippen LogP contribution in [0.15, 0.2) is 12.8 Å². The molecule has 1 fully saturated rings. The quantitative estimate of drug-likeness (QED) is 0.652. The summed E-state index contributed by atoms with van der Waals surface area (Å²) in [5.74, 6) is -0.0956. The summed E-state index contributed by atoms with van der Waals surface area (Å²) in [6.07, 6.45) is 2.09. The zero-order chi connectivity index (χ0) is 11.9. The van der Waals surface area contributed by atoms with E-state index in [1.807, 2.05) is 20.8 Å². The second kappa shape index (κ2) is 3.47. The van der Waals surface area contributed by atoms with Gasteiger partial charge in [0.05, 0.1) is 0 Å². The van der Waals surface area contributed by atoms with Crippen LogP contribution in [0.1, 0.15) is 34.1 Å². The van der Waals surface area contributed by atoms with Crippen LogP contribution in [-0.2, 0) is 9.59 Å². The van der Waals surface area contributed by atoms with Crippen molar-refractivity contribution in [3.05, 3.63) is 12.8 Å². The number of ketones is 1. The standard InChI is InChI=1S/C12H19NO2/c1-6-13-8-7-12(5,10(13)15)9(14)11(2,3)4/h6H,1,7-8H2,2-5H3. The molecule has 0 aromatic rings. The van der Waals surface area contributed by atoms with E-state index in [9.17, 15) is 9.59 Å². The molecular weight excluding hydrogens is 190 g/mol. The van der Waals surface area contributed by atoms with Crippen molar-refractivity contribution < 1.29 is 9.59 Å². The van der Waals surface area contributed by atoms with Crippen molar-refractivity contribution >= 4 is 11.7 Å². The van der Waals surface area contributed by atoms with Crippen molar-refractivity contribution in [3.63, 3.8) is 0 Å². The van der Waals surface area contributed by atoms with Crippen molar-refractivity contribution in [1.82, 2.24) is 4.90 Å². The molecule has 1 saturated heterocycles. The highest BCUT2D eigenvalue weighted by molar-refractivity contribution is 6.09. The third kappa shape index (κ3) is 1.83. The smallest absolute Gasteiger partial charge is 0.239 e. The van der Waals surface area contributed by atoms with Gasteiger partial charge in [-0.15, -0.1) is 0 Å². The molecule has 0 saturated carbocycles. The average Bonchev–Trinajstić information content (AvgIpc) is 2.42. The fourth-order valence-corrected chi connectivity index (χ4v) is 2.08. The molecule has 1 atom stereocenters. The molecule has 84 valence electrons. The number of nitrogens with zero attached hydrogens (tertiary/aromatic N) is 1. The molecule has 0 radical (unpaired) electrons. The highest BCUT2D eigenvalue weighted by Gasteiger charge is 2.50. The van der Waals surface area contributed by atoms with Crippen LogP contribution in [0.25, 0.3) is 0 Å². The van der Waals surface area contributed by atoms with Crippen LogP contribution in [0.2, 0.25) is 0 Å². The van der Waals surface area contributed by atoms with Crippen molar-refractivity contribution in [2.75, 3.05) is 6.54 Å².